The van der Waals surface area contributed by atoms with Crippen LogP contribution < -0.4 is 5.32 Å². The highest BCUT2D eigenvalue weighted by atomic mass is 32.1. The van der Waals surface area contributed by atoms with E-state index in [9.17, 15) is 10.1 Å². The van der Waals surface area contributed by atoms with E-state index in [-0.39, 0.29) is 10.6 Å². The number of hydrogen-bond acceptors (Lipinski definition) is 6. The third-order valence-corrected chi connectivity index (χ3v) is 4.61. The largest absolute Gasteiger partial charge is 0.312 e. The molecule has 3 heterocycles. The summed E-state index contributed by atoms with van der Waals surface area (Å²) < 4.78 is 1.87. The molecular weight excluding hydrogens is 314 g/mol. The summed E-state index contributed by atoms with van der Waals surface area (Å²) in [6, 6.07) is 6.62. The zero-order valence-electron chi connectivity index (χ0n) is 12.1. The number of nitrogens with zero attached hydrogens (tertiary/aromatic N) is 4. The minimum Gasteiger partial charge on any atom is -0.312 e. The van der Waals surface area contributed by atoms with Crippen LogP contribution in [0.25, 0.3) is 16.4 Å². The van der Waals surface area contributed by atoms with Gasteiger partial charge in [0.25, 0.3) is 5.69 Å². The highest BCUT2D eigenvalue weighted by Crippen LogP contribution is 2.31. The third-order valence-electron chi connectivity index (χ3n) is 3.86. The SMILES string of the molecule is O=[N+]([O-])c1cccc(-c2nn(-c3nccs3)c3c2CNCC3)c1. The molecule has 1 aliphatic rings. The zero-order chi connectivity index (χ0) is 15.8. The quantitative estimate of drug-likeness (QED) is 0.590. The minimum atomic E-state index is -0.383. The number of nitrogens with one attached hydrogen (secondary N) is 1. The summed E-state index contributed by atoms with van der Waals surface area (Å²) in [7, 11) is 0. The summed E-state index contributed by atoms with van der Waals surface area (Å²) in [5.41, 5.74) is 3.83. The Balaban J connectivity index is 1.89. The maximum Gasteiger partial charge on any atom is 0.270 e. The number of nitro benzene ring substituents is 1. The number of thiazole rings is 1. The van der Waals surface area contributed by atoms with E-state index in [4.69, 9.17) is 5.10 Å². The average Bonchev–Trinajstić information content (AvgIpc) is 3.22. The fourth-order valence-electron chi connectivity index (χ4n) is 2.83. The van der Waals surface area contributed by atoms with Gasteiger partial charge < -0.3 is 5.32 Å². The molecule has 0 bridgehead atoms. The predicted molar refractivity (Wildman–Crippen MR) is 86.7 cm³/mol. The van der Waals surface area contributed by atoms with Crippen molar-refractivity contribution in [3.8, 4) is 16.4 Å². The lowest BCUT2D eigenvalue weighted by molar-refractivity contribution is -0.384. The summed E-state index contributed by atoms with van der Waals surface area (Å²) in [6.07, 6.45) is 2.61. The molecule has 8 heteroatoms. The molecule has 0 saturated carbocycles. The van der Waals surface area contributed by atoms with E-state index in [0.717, 1.165) is 40.6 Å². The van der Waals surface area contributed by atoms with Crippen molar-refractivity contribution in [1.82, 2.24) is 20.1 Å². The fraction of sp³-hybridized carbons (Fsp3) is 0.200. The number of aromatic nitrogens is 3. The Morgan fingerprint density at radius 3 is 3.09 bits per heavy atom. The molecule has 0 saturated heterocycles. The van der Waals surface area contributed by atoms with Crippen LogP contribution in [0.2, 0.25) is 0 Å². The van der Waals surface area contributed by atoms with Gasteiger partial charge in [0.2, 0.25) is 5.13 Å². The first-order valence-corrected chi connectivity index (χ1v) is 8.08. The first-order valence-electron chi connectivity index (χ1n) is 7.20. The second kappa shape index (κ2) is 5.56. The number of rotatable bonds is 3. The number of benzene rings is 1. The van der Waals surface area contributed by atoms with Crippen molar-refractivity contribution in [3.05, 3.63) is 57.2 Å². The van der Waals surface area contributed by atoms with Gasteiger partial charge in [-0.3, -0.25) is 10.1 Å². The van der Waals surface area contributed by atoms with Crippen LogP contribution in [0.15, 0.2) is 35.8 Å². The molecule has 23 heavy (non-hydrogen) atoms. The van der Waals surface area contributed by atoms with Gasteiger partial charge in [-0.05, 0) is 0 Å². The molecule has 2 aromatic heterocycles. The first kappa shape index (κ1) is 14.0. The van der Waals surface area contributed by atoms with Gasteiger partial charge in [-0.1, -0.05) is 12.1 Å². The molecule has 0 spiro atoms. The second-order valence-corrected chi connectivity index (χ2v) is 6.11. The van der Waals surface area contributed by atoms with Crippen LogP contribution in [-0.4, -0.2) is 26.2 Å². The molecule has 3 aromatic rings. The van der Waals surface area contributed by atoms with Gasteiger partial charge in [-0.25, -0.2) is 9.67 Å². The van der Waals surface area contributed by atoms with Crippen molar-refractivity contribution in [3.63, 3.8) is 0 Å². The van der Waals surface area contributed by atoms with Crippen LogP contribution in [0.1, 0.15) is 11.3 Å². The van der Waals surface area contributed by atoms with Gasteiger partial charge in [-0.2, -0.15) is 5.10 Å². The Bertz CT molecular complexity index is 872. The topological polar surface area (TPSA) is 85.9 Å². The van der Waals surface area contributed by atoms with E-state index in [2.05, 4.69) is 10.3 Å². The third kappa shape index (κ3) is 2.41. The van der Waals surface area contributed by atoms with Crippen molar-refractivity contribution in [1.29, 1.82) is 0 Å². The van der Waals surface area contributed by atoms with Crippen LogP contribution in [0.3, 0.4) is 0 Å². The zero-order valence-corrected chi connectivity index (χ0v) is 12.9. The molecule has 1 N–H and O–H groups in total. The van der Waals surface area contributed by atoms with Gasteiger partial charge in [0.15, 0.2) is 0 Å². The monoisotopic (exact) mass is 327 g/mol. The Morgan fingerprint density at radius 2 is 2.30 bits per heavy atom. The first-order chi connectivity index (χ1) is 11.2. The summed E-state index contributed by atoms with van der Waals surface area (Å²) in [6.45, 7) is 1.59. The van der Waals surface area contributed by atoms with Gasteiger partial charge in [0.05, 0.1) is 16.3 Å². The molecule has 0 radical (unpaired) electrons. The molecule has 0 amide bonds. The fourth-order valence-corrected chi connectivity index (χ4v) is 3.44. The molecular formula is C15H13N5O2S. The summed E-state index contributed by atoms with van der Waals surface area (Å²) in [4.78, 5) is 15.0. The van der Waals surface area contributed by atoms with Gasteiger partial charge in [-0.15, -0.1) is 11.3 Å². The van der Waals surface area contributed by atoms with E-state index in [1.54, 1.807) is 18.3 Å². The van der Waals surface area contributed by atoms with Crippen molar-refractivity contribution in [2.45, 2.75) is 13.0 Å². The average molecular weight is 327 g/mol. The number of non-ortho nitro benzene ring substituents is 1. The highest BCUT2D eigenvalue weighted by molar-refractivity contribution is 7.12. The standard InChI is InChI=1S/C15H13N5O2S/c21-20(22)11-3-1-2-10(8-11)14-12-9-16-5-4-13(12)19(18-14)15-17-6-7-23-15/h1-3,6-8,16H,4-5,9H2. The molecule has 0 atom stereocenters. The van der Waals surface area contributed by atoms with Crippen LogP contribution >= 0.6 is 11.3 Å². The normalized spacial score (nSPS) is 13.7. The van der Waals surface area contributed by atoms with Crippen LogP contribution in [-0.2, 0) is 13.0 Å². The van der Waals surface area contributed by atoms with Crippen molar-refractivity contribution in [2.24, 2.45) is 0 Å². The Labute approximate surface area is 135 Å². The van der Waals surface area contributed by atoms with Crippen LogP contribution in [0.4, 0.5) is 5.69 Å². The highest BCUT2D eigenvalue weighted by Gasteiger charge is 2.24. The lowest BCUT2D eigenvalue weighted by Gasteiger charge is -2.14. The Hall–Kier alpha value is -2.58. The molecule has 1 aliphatic heterocycles. The van der Waals surface area contributed by atoms with Crippen molar-refractivity contribution >= 4 is 17.0 Å². The molecule has 0 unspecified atom stereocenters. The number of nitro groups is 1. The van der Waals surface area contributed by atoms with Crippen LogP contribution in [0.5, 0.6) is 0 Å². The molecule has 7 nitrogen and oxygen atoms in total. The summed E-state index contributed by atoms with van der Waals surface area (Å²) >= 11 is 1.53. The summed E-state index contributed by atoms with van der Waals surface area (Å²) in [5, 5.41) is 21.8. The molecule has 116 valence electrons. The maximum atomic E-state index is 11.0. The van der Waals surface area contributed by atoms with Gasteiger partial charge in [0.1, 0.15) is 0 Å². The van der Waals surface area contributed by atoms with E-state index in [0.29, 0.717) is 6.54 Å². The lowest BCUT2D eigenvalue weighted by atomic mass is 10.0. The van der Waals surface area contributed by atoms with E-state index in [1.807, 2.05) is 16.1 Å². The molecule has 0 fully saturated rings. The van der Waals surface area contributed by atoms with Crippen molar-refractivity contribution < 1.29 is 4.92 Å². The smallest absolute Gasteiger partial charge is 0.270 e. The molecule has 0 aliphatic carbocycles. The maximum absolute atomic E-state index is 11.0. The van der Waals surface area contributed by atoms with Gasteiger partial charge >= 0.3 is 0 Å². The minimum absolute atomic E-state index is 0.0730. The van der Waals surface area contributed by atoms with Crippen LogP contribution in [0, 0.1) is 10.1 Å². The Kier molecular flexibility index (Phi) is 3.40. The Morgan fingerprint density at radius 1 is 1.39 bits per heavy atom. The second-order valence-electron chi connectivity index (χ2n) is 5.23. The van der Waals surface area contributed by atoms with E-state index < -0.39 is 0 Å². The summed E-state index contributed by atoms with van der Waals surface area (Å²) in [5.74, 6) is 0. The molecule has 4 rings (SSSR count). The predicted octanol–water partition coefficient (Wildman–Crippen LogP) is 2.55. The number of hydrogen-bond donors (Lipinski definition) is 1. The lowest BCUT2D eigenvalue weighted by Crippen LogP contribution is -2.24. The number of fused-ring (bicyclic) bond motifs is 1. The van der Waals surface area contributed by atoms with Gasteiger partial charge in [0, 0.05) is 54.3 Å². The molecule has 1 aromatic carbocycles. The van der Waals surface area contributed by atoms with E-state index in [1.165, 1.54) is 17.4 Å². The van der Waals surface area contributed by atoms with Crippen molar-refractivity contribution in [2.75, 3.05) is 6.54 Å². The van der Waals surface area contributed by atoms with E-state index >= 15 is 0 Å².